The number of aliphatic hydroxyl groups is 1. The van der Waals surface area contributed by atoms with Crippen molar-refractivity contribution in [2.24, 2.45) is 0 Å². The number of rotatable bonds is 5. The predicted octanol–water partition coefficient (Wildman–Crippen LogP) is 0.673. The van der Waals surface area contributed by atoms with Crippen molar-refractivity contribution >= 4 is 17.7 Å². The molecule has 3 heterocycles. The second kappa shape index (κ2) is 7.76. The van der Waals surface area contributed by atoms with Gasteiger partial charge in [-0.1, -0.05) is 0 Å². The molecule has 4 rings (SSSR count). The lowest BCUT2D eigenvalue weighted by molar-refractivity contribution is -0.136. The van der Waals surface area contributed by atoms with E-state index < -0.39 is 17.6 Å². The van der Waals surface area contributed by atoms with E-state index in [2.05, 4.69) is 10.2 Å². The summed E-state index contributed by atoms with van der Waals surface area (Å²) in [5.41, 5.74) is 0.865. The van der Waals surface area contributed by atoms with Crippen LogP contribution in [0.1, 0.15) is 48.5 Å². The molecule has 0 radical (unpaired) electrons. The number of carbonyl (C=O) groups is 3. The number of nitrogens with zero attached hydrogens (tertiary/aromatic N) is 2. The molecule has 1 atom stereocenters. The van der Waals surface area contributed by atoms with Crippen molar-refractivity contribution in [2.75, 3.05) is 26.2 Å². The molecular formula is C21H27N3O5. The number of benzene rings is 1. The van der Waals surface area contributed by atoms with Gasteiger partial charge in [-0.25, -0.2) is 0 Å². The fourth-order valence-corrected chi connectivity index (χ4v) is 4.19. The minimum atomic E-state index is -0.603. The Morgan fingerprint density at radius 2 is 2.00 bits per heavy atom. The van der Waals surface area contributed by atoms with E-state index >= 15 is 0 Å². The van der Waals surface area contributed by atoms with E-state index in [1.54, 1.807) is 12.1 Å². The maximum atomic E-state index is 12.7. The van der Waals surface area contributed by atoms with Crippen molar-refractivity contribution < 1.29 is 24.2 Å². The standard InChI is InChI=1S/C21H27N3O5/c1-21(28)6-8-23(9-7-21)10-11-29-15-2-3-16-14(12-15)13-24(20(16)27)17-4-5-18(25)22-19(17)26/h2-3,12,17,28H,4-11,13H2,1H3,(H,22,25,26). The van der Waals surface area contributed by atoms with Crippen LogP contribution >= 0.6 is 0 Å². The molecule has 3 aliphatic rings. The molecule has 0 saturated carbocycles. The van der Waals surface area contributed by atoms with Crippen LogP contribution in [0, 0.1) is 0 Å². The first-order valence-corrected chi connectivity index (χ1v) is 10.2. The van der Waals surface area contributed by atoms with E-state index in [0.717, 1.165) is 38.0 Å². The van der Waals surface area contributed by atoms with Gasteiger partial charge in [0.15, 0.2) is 0 Å². The Kier molecular flexibility index (Phi) is 5.31. The van der Waals surface area contributed by atoms with Crippen molar-refractivity contribution in [1.29, 1.82) is 0 Å². The van der Waals surface area contributed by atoms with Gasteiger partial charge in [0, 0.05) is 38.2 Å². The zero-order chi connectivity index (χ0) is 20.6. The molecule has 0 aromatic heterocycles. The maximum absolute atomic E-state index is 12.7. The number of likely N-dealkylation sites (tertiary alicyclic amines) is 1. The largest absolute Gasteiger partial charge is 0.492 e. The number of carbonyl (C=O) groups excluding carboxylic acids is 3. The summed E-state index contributed by atoms with van der Waals surface area (Å²) in [6.45, 7) is 5.26. The average Bonchev–Trinajstić information content (AvgIpc) is 2.99. The number of hydrogen-bond acceptors (Lipinski definition) is 6. The van der Waals surface area contributed by atoms with Crippen LogP contribution in [0.25, 0.3) is 0 Å². The maximum Gasteiger partial charge on any atom is 0.255 e. The molecule has 0 bridgehead atoms. The molecule has 2 fully saturated rings. The molecule has 3 aliphatic heterocycles. The van der Waals surface area contributed by atoms with E-state index in [4.69, 9.17) is 4.74 Å². The number of piperidine rings is 2. The van der Waals surface area contributed by atoms with Crippen molar-refractivity contribution in [2.45, 2.75) is 50.8 Å². The summed E-state index contributed by atoms with van der Waals surface area (Å²) in [5.74, 6) is -0.171. The van der Waals surface area contributed by atoms with E-state index in [9.17, 15) is 19.5 Å². The molecular weight excluding hydrogens is 374 g/mol. The van der Waals surface area contributed by atoms with Crippen molar-refractivity contribution in [3.8, 4) is 5.75 Å². The lowest BCUT2D eigenvalue weighted by Gasteiger charge is -2.35. The first kappa shape index (κ1) is 19.8. The Morgan fingerprint density at radius 3 is 2.72 bits per heavy atom. The Bertz CT molecular complexity index is 828. The van der Waals surface area contributed by atoms with Crippen LogP contribution in [0.3, 0.4) is 0 Å². The molecule has 156 valence electrons. The fraction of sp³-hybridized carbons (Fsp3) is 0.571. The second-order valence-electron chi connectivity index (χ2n) is 8.41. The Hall–Kier alpha value is -2.45. The van der Waals surface area contributed by atoms with Gasteiger partial charge in [-0.3, -0.25) is 24.6 Å². The molecule has 3 amide bonds. The third-order valence-corrected chi connectivity index (χ3v) is 6.10. The highest BCUT2D eigenvalue weighted by atomic mass is 16.5. The number of ether oxygens (including phenoxy) is 1. The number of fused-ring (bicyclic) bond motifs is 1. The van der Waals surface area contributed by atoms with Crippen LogP contribution in [-0.4, -0.2) is 70.5 Å². The van der Waals surface area contributed by atoms with Crippen LogP contribution < -0.4 is 10.1 Å². The monoisotopic (exact) mass is 401 g/mol. The van der Waals surface area contributed by atoms with Crippen LogP contribution in [-0.2, 0) is 16.1 Å². The van der Waals surface area contributed by atoms with Gasteiger partial charge in [-0.15, -0.1) is 0 Å². The molecule has 2 saturated heterocycles. The van der Waals surface area contributed by atoms with Crippen LogP contribution in [0.15, 0.2) is 18.2 Å². The Morgan fingerprint density at radius 1 is 1.24 bits per heavy atom. The summed E-state index contributed by atoms with van der Waals surface area (Å²) in [4.78, 5) is 40.0. The lowest BCUT2D eigenvalue weighted by Crippen LogP contribution is -2.52. The van der Waals surface area contributed by atoms with Crippen molar-refractivity contribution in [1.82, 2.24) is 15.1 Å². The highest BCUT2D eigenvalue weighted by Gasteiger charge is 2.39. The number of imide groups is 1. The zero-order valence-electron chi connectivity index (χ0n) is 16.6. The van der Waals surface area contributed by atoms with Gasteiger partial charge in [0.05, 0.1) is 5.60 Å². The minimum Gasteiger partial charge on any atom is -0.492 e. The van der Waals surface area contributed by atoms with Gasteiger partial charge < -0.3 is 14.7 Å². The first-order valence-electron chi connectivity index (χ1n) is 10.2. The summed E-state index contributed by atoms with van der Waals surface area (Å²) in [5, 5.41) is 12.3. The second-order valence-corrected chi connectivity index (χ2v) is 8.41. The molecule has 29 heavy (non-hydrogen) atoms. The zero-order valence-corrected chi connectivity index (χ0v) is 16.6. The van der Waals surface area contributed by atoms with E-state index in [1.165, 1.54) is 4.90 Å². The Balaban J connectivity index is 1.33. The highest BCUT2D eigenvalue weighted by molar-refractivity contribution is 6.05. The van der Waals surface area contributed by atoms with Gasteiger partial charge in [-0.05, 0) is 49.9 Å². The van der Waals surface area contributed by atoms with Gasteiger partial charge in [0.25, 0.3) is 5.91 Å². The fourth-order valence-electron chi connectivity index (χ4n) is 4.19. The molecule has 8 heteroatoms. The van der Waals surface area contributed by atoms with Crippen LogP contribution in [0.2, 0.25) is 0 Å². The topological polar surface area (TPSA) is 99.2 Å². The third kappa shape index (κ3) is 4.28. The van der Waals surface area contributed by atoms with Gasteiger partial charge in [0.1, 0.15) is 18.4 Å². The highest BCUT2D eigenvalue weighted by Crippen LogP contribution is 2.30. The van der Waals surface area contributed by atoms with Crippen molar-refractivity contribution in [3.05, 3.63) is 29.3 Å². The summed E-state index contributed by atoms with van der Waals surface area (Å²) < 4.78 is 5.88. The van der Waals surface area contributed by atoms with Gasteiger partial charge >= 0.3 is 0 Å². The summed E-state index contributed by atoms with van der Waals surface area (Å²) >= 11 is 0. The normalized spacial score (nSPS) is 24.4. The molecule has 1 aromatic rings. The lowest BCUT2D eigenvalue weighted by atomic mass is 9.94. The third-order valence-electron chi connectivity index (χ3n) is 6.10. The van der Waals surface area contributed by atoms with E-state index in [1.807, 2.05) is 13.0 Å². The molecule has 2 N–H and O–H groups in total. The van der Waals surface area contributed by atoms with Gasteiger partial charge in [0.2, 0.25) is 11.8 Å². The van der Waals surface area contributed by atoms with E-state index in [-0.39, 0.29) is 18.2 Å². The first-order chi connectivity index (χ1) is 13.8. The average molecular weight is 401 g/mol. The Labute approximate surface area is 169 Å². The van der Waals surface area contributed by atoms with Crippen molar-refractivity contribution in [3.63, 3.8) is 0 Å². The number of nitrogens with one attached hydrogen (secondary N) is 1. The summed E-state index contributed by atoms with van der Waals surface area (Å²) in [6, 6.07) is 4.79. The summed E-state index contributed by atoms with van der Waals surface area (Å²) in [7, 11) is 0. The molecule has 0 aliphatic carbocycles. The van der Waals surface area contributed by atoms with Gasteiger partial charge in [-0.2, -0.15) is 0 Å². The number of hydrogen-bond donors (Lipinski definition) is 2. The van der Waals surface area contributed by atoms with Crippen LogP contribution in [0.5, 0.6) is 5.75 Å². The molecule has 8 nitrogen and oxygen atoms in total. The number of amides is 3. The minimum absolute atomic E-state index is 0.179. The molecule has 0 spiro atoms. The van der Waals surface area contributed by atoms with E-state index in [0.29, 0.717) is 30.9 Å². The summed E-state index contributed by atoms with van der Waals surface area (Å²) in [6.07, 6.45) is 2.14. The van der Waals surface area contributed by atoms with Crippen LogP contribution in [0.4, 0.5) is 0 Å². The quantitative estimate of drug-likeness (QED) is 0.704. The SMILES string of the molecule is CC1(O)CCN(CCOc2ccc3c(c2)CN(C2CCC(=O)NC2=O)C3=O)CC1. The molecule has 1 unspecified atom stereocenters. The molecule has 1 aromatic carbocycles. The smallest absolute Gasteiger partial charge is 0.255 e. The predicted molar refractivity (Wildman–Crippen MR) is 104 cm³/mol.